The second-order valence-electron chi connectivity index (χ2n) is 4.23. The van der Waals surface area contributed by atoms with E-state index >= 15 is 0 Å². The van der Waals surface area contributed by atoms with Gasteiger partial charge in [0.15, 0.2) is 0 Å². The van der Waals surface area contributed by atoms with Gasteiger partial charge >= 0.3 is 0 Å². The fourth-order valence-corrected chi connectivity index (χ4v) is 2.68. The van der Waals surface area contributed by atoms with Crippen molar-refractivity contribution in [3.63, 3.8) is 0 Å². The number of rotatable bonds is 5. The molecular formula is C13H15N3O3S2. The van der Waals surface area contributed by atoms with Crippen LogP contribution in [0.2, 0.25) is 0 Å². The number of aryl methyl sites for hydroxylation is 1. The molecule has 0 bridgehead atoms. The molecule has 2 N–H and O–H groups in total. The number of pyridine rings is 1. The van der Waals surface area contributed by atoms with Crippen molar-refractivity contribution in [3.8, 4) is 16.3 Å². The maximum atomic E-state index is 11.7. The highest BCUT2D eigenvalue weighted by atomic mass is 32.1. The number of carbonyl (C=O) groups is 1. The first-order chi connectivity index (χ1) is 10.0. The van der Waals surface area contributed by atoms with Crippen LogP contribution < -0.4 is 10.1 Å². The van der Waals surface area contributed by atoms with E-state index in [1.807, 2.05) is 6.07 Å². The lowest BCUT2D eigenvalue weighted by Crippen LogP contribution is -2.28. The van der Waals surface area contributed by atoms with Crippen LogP contribution in [0.4, 0.5) is 5.00 Å². The van der Waals surface area contributed by atoms with Gasteiger partial charge in [0.1, 0.15) is 21.9 Å². The van der Waals surface area contributed by atoms with Crippen LogP contribution in [-0.4, -0.2) is 39.9 Å². The predicted octanol–water partition coefficient (Wildman–Crippen LogP) is 1.75. The number of hydrogen-bond donors (Lipinski definition) is 3. The molecule has 0 saturated heterocycles. The number of nitrogens with zero attached hydrogens (tertiary/aromatic N) is 2. The minimum Gasteiger partial charge on any atom is -0.495 e. The number of aliphatic hydroxyl groups is 1. The summed E-state index contributed by atoms with van der Waals surface area (Å²) in [5.74, 6) is 0.208. The van der Waals surface area contributed by atoms with Crippen molar-refractivity contribution in [3.05, 3.63) is 24.2 Å². The Labute approximate surface area is 131 Å². The number of hydrogen-bond acceptors (Lipinski definition) is 7. The Balaban J connectivity index is 2.24. The van der Waals surface area contributed by atoms with Crippen LogP contribution in [0.5, 0.6) is 5.75 Å². The number of thiazole rings is 1. The Hall–Kier alpha value is -1.64. The monoisotopic (exact) mass is 325 g/mol. The molecule has 0 fully saturated rings. The van der Waals surface area contributed by atoms with Crippen LogP contribution >= 0.6 is 24.0 Å². The molecule has 0 spiro atoms. The average molecular weight is 325 g/mol. The second kappa shape index (κ2) is 6.88. The van der Waals surface area contributed by atoms with Crippen LogP contribution in [0.3, 0.4) is 0 Å². The largest absolute Gasteiger partial charge is 0.495 e. The van der Waals surface area contributed by atoms with E-state index in [1.54, 1.807) is 26.4 Å². The molecule has 1 unspecified atom stereocenters. The zero-order valence-electron chi connectivity index (χ0n) is 11.5. The molecule has 0 saturated carbocycles. The second-order valence-corrected chi connectivity index (χ2v) is 5.60. The Morgan fingerprint density at radius 1 is 1.57 bits per heavy atom. The number of amides is 1. The van der Waals surface area contributed by atoms with E-state index in [9.17, 15) is 9.90 Å². The molecule has 0 aromatic carbocycles. The molecule has 1 amide bonds. The first-order valence-corrected chi connectivity index (χ1v) is 7.56. The highest BCUT2D eigenvalue weighted by Crippen LogP contribution is 2.32. The molecule has 2 rings (SSSR count). The molecule has 6 nitrogen and oxygen atoms in total. The van der Waals surface area contributed by atoms with Crippen LogP contribution in [0.15, 0.2) is 18.5 Å². The molecule has 2 aromatic rings. The standard InChI is InChI=1S/C13H15N3O3S2/c1-7-12(16-11(18)10(17)6-20)21-13(15-7)8-3-9(19-2)5-14-4-8/h3-5,10,17,20H,6H2,1-2H3,(H,16,18). The minimum atomic E-state index is -1.14. The van der Waals surface area contributed by atoms with Gasteiger partial charge in [0, 0.05) is 17.5 Å². The van der Waals surface area contributed by atoms with Gasteiger partial charge in [0.05, 0.1) is 19.0 Å². The minimum absolute atomic E-state index is 0.0658. The number of thiol groups is 1. The Kier molecular flexibility index (Phi) is 5.16. The number of nitrogens with one attached hydrogen (secondary N) is 1. The van der Waals surface area contributed by atoms with E-state index in [1.165, 1.54) is 11.3 Å². The Bertz CT molecular complexity index is 645. The number of methoxy groups -OCH3 is 1. The first kappa shape index (κ1) is 15.7. The molecule has 21 heavy (non-hydrogen) atoms. The molecular weight excluding hydrogens is 310 g/mol. The summed E-state index contributed by atoms with van der Waals surface area (Å²) in [6, 6.07) is 1.82. The van der Waals surface area contributed by atoms with Crippen molar-refractivity contribution >= 4 is 34.9 Å². The number of ether oxygens (including phenoxy) is 1. The lowest BCUT2D eigenvalue weighted by molar-refractivity contribution is -0.122. The van der Waals surface area contributed by atoms with Gasteiger partial charge in [-0.3, -0.25) is 9.78 Å². The molecule has 112 valence electrons. The van der Waals surface area contributed by atoms with E-state index in [4.69, 9.17) is 4.74 Å². The number of aliphatic hydroxyl groups excluding tert-OH is 1. The maximum Gasteiger partial charge on any atom is 0.254 e. The fraction of sp³-hybridized carbons (Fsp3) is 0.308. The smallest absolute Gasteiger partial charge is 0.254 e. The lowest BCUT2D eigenvalue weighted by Gasteiger charge is -2.07. The topological polar surface area (TPSA) is 84.3 Å². The van der Waals surface area contributed by atoms with Gasteiger partial charge < -0.3 is 15.2 Å². The Morgan fingerprint density at radius 2 is 2.33 bits per heavy atom. The first-order valence-electron chi connectivity index (χ1n) is 6.11. The normalized spacial score (nSPS) is 12.0. The van der Waals surface area contributed by atoms with E-state index in [2.05, 4.69) is 27.9 Å². The molecule has 0 aliphatic heterocycles. The predicted molar refractivity (Wildman–Crippen MR) is 85.1 cm³/mol. The van der Waals surface area contributed by atoms with Gasteiger partial charge in [0.2, 0.25) is 0 Å². The SMILES string of the molecule is COc1cncc(-c2nc(C)c(NC(=O)C(O)CS)s2)c1. The summed E-state index contributed by atoms with van der Waals surface area (Å²) in [6.07, 6.45) is 2.14. The van der Waals surface area contributed by atoms with Crippen molar-refractivity contribution in [1.29, 1.82) is 0 Å². The van der Waals surface area contributed by atoms with E-state index in [-0.39, 0.29) is 5.75 Å². The zero-order valence-corrected chi connectivity index (χ0v) is 13.2. The van der Waals surface area contributed by atoms with Crippen LogP contribution in [-0.2, 0) is 4.79 Å². The van der Waals surface area contributed by atoms with E-state index in [0.717, 1.165) is 10.6 Å². The van der Waals surface area contributed by atoms with Crippen LogP contribution in [0.1, 0.15) is 5.69 Å². The third kappa shape index (κ3) is 3.72. The number of aromatic nitrogens is 2. The molecule has 8 heteroatoms. The lowest BCUT2D eigenvalue weighted by atomic mass is 10.3. The third-order valence-electron chi connectivity index (χ3n) is 2.70. The third-order valence-corrected chi connectivity index (χ3v) is 4.17. The fourth-order valence-electron chi connectivity index (χ4n) is 1.56. The van der Waals surface area contributed by atoms with Crippen molar-refractivity contribution in [2.75, 3.05) is 18.2 Å². The average Bonchev–Trinajstić information content (AvgIpc) is 2.87. The highest BCUT2D eigenvalue weighted by molar-refractivity contribution is 7.80. The summed E-state index contributed by atoms with van der Waals surface area (Å²) in [6.45, 7) is 1.79. The quantitative estimate of drug-likeness (QED) is 0.730. The van der Waals surface area contributed by atoms with Gasteiger partial charge in [0.25, 0.3) is 5.91 Å². The van der Waals surface area contributed by atoms with Gasteiger partial charge in [-0.25, -0.2) is 4.98 Å². The Morgan fingerprint density at radius 3 is 3.00 bits per heavy atom. The van der Waals surface area contributed by atoms with E-state index in [0.29, 0.717) is 16.4 Å². The van der Waals surface area contributed by atoms with Crippen molar-refractivity contribution in [2.45, 2.75) is 13.0 Å². The summed E-state index contributed by atoms with van der Waals surface area (Å²) in [5, 5.41) is 13.4. The van der Waals surface area contributed by atoms with Crippen molar-refractivity contribution < 1.29 is 14.6 Å². The molecule has 0 aliphatic rings. The summed E-state index contributed by atoms with van der Waals surface area (Å²) in [7, 11) is 1.57. The summed E-state index contributed by atoms with van der Waals surface area (Å²) < 4.78 is 5.13. The van der Waals surface area contributed by atoms with Gasteiger partial charge in [-0.05, 0) is 13.0 Å². The highest BCUT2D eigenvalue weighted by Gasteiger charge is 2.17. The van der Waals surface area contributed by atoms with Crippen molar-refractivity contribution in [2.24, 2.45) is 0 Å². The molecule has 2 aromatic heterocycles. The number of anilines is 1. The van der Waals surface area contributed by atoms with Crippen LogP contribution in [0.25, 0.3) is 10.6 Å². The summed E-state index contributed by atoms with van der Waals surface area (Å²) >= 11 is 5.20. The van der Waals surface area contributed by atoms with Crippen molar-refractivity contribution in [1.82, 2.24) is 9.97 Å². The summed E-state index contributed by atoms with van der Waals surface area (Å²) in [4.78, 5) is 20.2. The molecule has 0 radical (unpaired) electrons. The summed E-state index contributed by atoms with van der Waals surface area (Å²) in [5.41, 5.74) is 1.48. The number of carbonyl (C=O) groups excluding carboxylic acids is 1. The van der Waals surface area contributed by atoms with Gasteiger partial charge in [-0.2, -0.15) is 12.6 Å². The van der Waals surface area contributed by atoms with Gasteiger partial charge in [-0.1, -0.05) is 11.3 Å². The maximum absolute atomic E-state index is 11.7. The van der Waals surface area contributed by atoms with E-state index < -0.39 is 12.0 Å². The molecule has 2 heterocycles. The van der Waals surface area contributed by atoms with Crippen LogP contribution in [0, 0.1) is 6.92 Å². The van der Waals surface area contributed by atoms with Gasteiger partial charge in [-0.15, -0.1) is 0 Å². The molecule has 0 aliphatic carbocycles. The molecule has 1 atom stereocenters. The zero-order chi connectivity index (χ0) is 15.4.